The van der Waals surface area contributed by atoms with Crippen molar-refractivity contribution in [1.82, 2.24) is 19.2 Å². The van der Waals surface area contributed by atoms with Crippen LogP contribution in [-0.4, -0.2) is 66.4 Å². The van der Waals surface area contributed by atoms with Crippen molar-refractivity contribution in [3.05, 3.63) is 54.6 Å². The number of nitrogens with zero attached hydrogens (tertiary/aromatic N) is 4. The molecule has 0 saturated carbocycles. The van der Waals surface area contributed by atoms with E-state index in [1.807, 2.05) is 18.3 Å². The highest BCUT2D eigenvalue weighted by atomic mass is 32.2. The van der Waals surface area contributed by atoms with Gasteiger partial charge in [0.15, 0.2) is 0 Å². The van der Waals surface area contributed by atoms with Crippen LogP contribution in [0.15, 0.2) is 53.9 Å². The molecule has 0 N–H and O–H groups in total. The summed E-state index contributed by atoms with van der Waals surface area (Å²) >= 11 is 0. The van der Waals surface area contributed by atoms with E-state index < -0.39 is 10.0 Å². The number of aromatic nitrogens is 2. The Morgan fingerprint density at radius 1 is 1.18 bits per heavy atom. The molecule has 0 bridgehead atoms. The van der Waals surface area contributed by atoms with Crippen LogP contribution < -0.4 is 0 Å². The molecule has 1 atom stereocenters. The molecule has 2 saturated heterocycles. The molecular weight excluding hydrogens is 376 g/mol. The molecule has 0 aromatic carbocycles. The maximum atomic E-state index is 12.8. The van der Waals surface area contributed by atoms with Crippen LogP contribution in [0.3, 0.4) is 0 Å². The van der Waals surface area contributed by atoms with E-state index in [0.29, 0.717) is 32.2 Å². The SMILES string of the molecule is CN1CC[C@H](COCc2cccnc2)CC12CN(S(=O)(=O)c1cccnc1)C2. The summed E-state index contributed by atoms with van der Waals surface area (Å²) in [6.07, 6.45) is 8.60. The van der Waals surface area contributed by atoms with E-state index in [4.69, 9.17) is 4.74 Å². The van der Waals surface area contributed by atoms with E-state index in [-0.39, 0.29) is 10.4 Å². The van der Waals surface area contributed by atoms with Crippen molar-refractivity contribution in [2.24, 2.45) is 5.92 Å². The van der Waals surface area contributed by atoms with Crippen LogP contribution >= 0.6 is 0 Å². The molecule has 0 unspecified atom stereocenters. The molecule has 8 heteroatoms. The van der Waals surface area contributed by atoms with Crippen LogP contribution in [0.25, 0.3) is 0 Å². The lowest BCUT2D eigenvalue weighted by Gasteiger charge is -2.57. The first-order chi connectivity index (χ1) is 13.5. The minimum Gasteiger partial charge on any atom is -0.376 e. The lowest BCUT2D eigenvalue weighted by Crippen LogP contribution is -2.72. The number of piperidine rings is 1. The van der Waals surface area contributed by atoms with Gasteiger partial charge in [0.05, 0.1) is 6.61 Å². The molecule has 1 spiro atoms. The molecule has 2 aromatic rings. The molecule has 2 aliphatic rings. The van der Waals surface area contributed by atoms with E-state index in [2.05, 4.69) is 21.9 Å². The lowest BCUT2D eigenvalue weighted by molar-refractivity contribution is -0.0600. The summed E-state index contributed by atoms with van der Waals surface area (Å²) in [5, 5.41) is 0. The number of ether oxygens (including phenoxy) is 1. The topological polar surface area (TPSA) is 75.6 Å². The van der Waals surface area contributed by atoms with Gasteiger partial charge in [0, 0.05) is 50.0 Å². The molecule has 150 valence electrons. The molecule has 0 amide bonds. The van der Waals surface area contributed by atoms with Crippen LogP contribution in [0.2, 0.25) is 0 Å². The number of likely N-dealkylation sites (tertiary alicyclic amines) is 1. The van der Waals surface area contributed by atoms with Gasteiger partial charge in [-0.25, -0.2) is 8.42 Å². The van der Waals surface area contributed by atoms with E-state index in [1.165, 1.54) is 6.20 Å². The van der Waals surface area contributed by atoms with Crippen LogP contribution in [-0.2, 0) is 21.4 Å². The Hall–Kier alpha value is -1.87. The molecular formula is C20H26N4O3S. The summed E-state index contributed by atoms with van der Waals surface area (Å²) < 4.78 is 33.1. The normalized spacial score (nSPS) is 22.8. The summed E-state index contributed by atoms with van der Waals surface area (Å²) in [6.45, 7) is 3.27. The molecule has 2 aromatic heterocycles. The average Bonchev–Trinajstić information content (AvgIpc) is 2.69. The largest absolute Gasteiger partial charge is 0.376 e. The van der Waals surface area contributed by atoms with Crippen molar-refractivity contribution >= 4 is 10.0 Å². The minimum absolute atomic E-state index is 0.0874. The molecule has 7 nitrogen and oxygen atoms in total. The van der Waals surface area contributed by atoms with Gasteiger partial charge in [0.1, 0.15) is 4.90 Å². The van der Waals surface area contributed by atoms with Gasteiger partial charge < -0.3 is 4.74 Å². The van der Waals surface area contributed by atoms with Gasteiger partial charge in [-0.05, 0) is 56.1 Å². The second-order valence-electron chi connectivity index (χ2n) is 7.84. The molecule has 4 rings (SSSR count). The average molecular weight is 403 g/mol. The van der Waals surface area contributed by atoms with Gasteiger partial charge in [-0.1, -0.05) is 6.07 Å². The van der Waals surface area contributed by atoms with Crippen LogP contribution in [0.5, 0.6) is 0 Å². The maximum Gasteiger partial charge on any atom is 0.244 e. The predicted octanol–water partition coefficient (Wildman–Crippen LogP) is 1.78. The fourth-order valence-electron chi connectivity index (χ4n) is 4.18. The monoisotopic (exact) mass is 402 g/mol. The third-order valence-corrected chi connectivity index (χ3v) is 7.68. The van der Waals surface area contributed by atoms with Crippen molar-refractivity contribution in [2.45, 2.75) is 29.9 Å². The molecule has 0 radical (unpaired) electrons. The third-order valence-electron chi connectivity index (χ3n) is 5.91. The first kappa shape index (κ1) is 19.4. The number of hydrogen-bond acceptors (Lipinski definition) is 6. The highest BCUT2D eigenvalue weighted by Crippen LogP contribution is 2.40. The van der Waals surface area contributed by atoms with Crippen LogP contribution in [0.4, 0.5) is 0 Å². The maximum absolute atomic E-state index is 12.8. The van der Waals surface area contributed by atoms with Crippen molar-refractivity contribution in [2.75, 3.05) is 33.3 Å². The Bertz CT molecular complexity index is 886. The fourth-order valence-corrected chi connectivity index (χ4v) is 5.74. The number of pyridine rings is 2. The Morgan fingerprint density at radius 2 is 1.93 bits per heavy atom. The van der Waals surface area contributed by atoms with Gasteiger partial charge in [-0.2, -0.15) is 4.31 Å². The van der Waals surface area contributed by atoms with Crippen LogP contribution in [0.1, 0.15) is 18.4 Å². The first-order valence-corrected chi connectivity index (χ1v) is 11.0. The van der Waals surface area contributed by atoms with Crippen molar-refractivity contribution < 1.29 is 13.2 Å². The quantitative estimate of drug-likeness (QED) is 0.733. The smallest absolute Gasteiger partial charge is 0.244 e. The summed E-state index contributed by atoms with van der Waals surface area (Å²) in [6, 6.07) is 7.18. The van der Waals surface area contributed by atoms with E-state index in [9.17, 15) is 8.42 Å². The molecule has 28 heavy (non-hydrogen) atoms. The van der Waals surface area contributed by atoms with Gasteiger partial charge >= 0.3 is 0 Å². The summed E-state index contributed by atoms with van der Waals surface area (Å²) in [7, 11) is -1.37. The van der Waals surface area contributed by atoms with Crippen molar-refractivity contribution in [3.8, 4) is 0 Å². The Kier molecular flexibility index (Phi) is 5.46. The van der Waals surface area contributed by atoms with Gasteiger partial charge in [-0.3, -0.25) is 14.9 Å². The van der Waals surface area contributed by atoms with Gasteiger partial charge in [-0.15, -0.1) is 0 Å². The number of hydrogen-bond donors (Lipinski definition) is 0. The van der Waals surface area contributed by atoms with Crippen LogP contribution in [0, 0.1) is 5.92 Å². The van der Waals surface area contributed by atoms with Crippen molar-refractivity contribution in [1.29, 1.82) is 0 Å². The van der Waals surface area contributed by atoms with Gasteiger partial charge in [0.2, 0.25) is 10.0 Å². The zero-order valence-corrected chi connectivity index (χ0v) is 16.9. The standard InChI is InChI=1S/C20H26N4O3S/c1-23-9-6-17(13-27-14-18-4-2-7-21-11-18)10-20(23)15-24(16-20)28(25,26)19-5-3-8-22-12-19/h2-5,7-8,11-12,17H,6,9-10,13-16H2,1H3/t17-/m0/s1. The van der Waals surface area contributed by atoms with Crippen molar-refractivity contribution in [3.63, 3.8) is 0 Å². The molecule has 4 heterocycles. The highest BCUT2D eigenvalue weighted by Gasteiger charge is 2.53. The second-order valence-corrected chi connectivity index (χ2v) is 9.78. The third kappa shape index (κ3) is 3.82. The lowest BCUT2D eigenvalue weighted by atomic mass is 9.77. The summed E-state index contributed by atoms with van der Waals surface area (Å²) in [5.74, 6) is 0.441. The Labute approximate surface area is 166 Å². The molecule has 2 fully saturated rings. The zero-order valence-electron chi connectivity index (χ0n) is 16.1. The number of likely N-dealkylation sites (N-methyl/N-ethyl adjacent to an activating group) is 1. The predicted molar refractivity (Wildman–Crippen MR) is 105 cm³/mol. The van der Waals surface area contributed by atoms with Gasteiger partial charge in [0.25, 0.3) is 0 Å². The number of sulfonamides is 1. The number of rotatable bonds is 6. The molecule has 2 aliphatic heterocycles. The second kappa shape index (κ2) is 7.87. The Balaban J connectivity index is 1.34. The van der Waals surface area contributed by atoms with E-state index in [1.54, 1.807) is 28.8 Å². The summed E-state index contributed by atoms with van der Waals surface area (Å²) in [5.41, 5.74) is 0.984. The minimum atomic E-state index is -3.47. The summed E-state index contributed by atoms with van der Waals surface area (Å²) in [4.78, 5) is 10.6. The first-order valence-electron chi connectivity index (χ1n) is 9.58. The highest BCUT2D eigenvalue weighted by molar-refractivity contribution is 7.89. The fraction of sp³-hybridized carbons (Fsp3) is 0.500. The van der Waals surface area contributed by atoms with E-state index >= 15 is 0 Å². The van der Waals surface area contributed by atoms with E-state index in [0.717, 1.165) is 24.9 Å². The Morgan fingerprint density at radius 3 is 2.61 bits per heavy atom. The zero-order chi connectivity index (χ0) is 19.6. The molecule has 0 aliphatic carbocycles.